The highest BCUT2D eigenvalue weighted by Crippen LogP contribution is 2.22. The van der Waals surface area contributed by atoms with Gasteiger partial charge in [0.1, 0.15) is 12.4 Å². The van der Waals surface area contributed by atoms with Crippen LogP contribution in [0, 0.1) is 17.1 Å². The van der Waals surface area contributed by atoms with Gasteiger partial charge in [-0.3, -0.25) is 0 Å². The number of hydrogen-bond donors (Lipinski definition) is 1. The number of carbonyl (C=O) groups is 1. The fourth-order valence-electron chi connectivity index (χ4n) is 1.23. The van der Waals surface area contributed by atoms with E-state index in [0.717, 1.165) is 18.2 Å². The molecule has 0 saturated carbocycles. The second kappa shape index (κ2) is 4.93. The summed E-state index contributed by atoms with van der Waals surface area (Å²) in [5, 5.41) is 8.58. The zero-order valence-electron chi connectivity index (χ0n) is 8.64. The second-order valence-corrected chi connectivity index (χ2v) is 4.04. The van der Waals surface area contributed by atoms with Crippen LogP contribution in [0.5, 0.6) is 0 Å². The van der Waals surface area contributed by atoms with Crippen molar-refractivity contribution in [1.29, 1.82) is 5.26 Å². The molecular formula is C10H8FN3O2S. The monoisotopic (exact) mass is 253 g/mol. The number of nitriles is 1. The molecule has 1 aromatic carbocycles. The lowest BCUT2D eigenvalue weighted by molar-refractivity contribution is 0.171. The summed E-state index contributed by atoms with van der Waals surface area (Å²) < 4.78 is 22.2. The molecule has 1 aliphatic rings. The Labute approximate surface area is 101 Å². The summed E-state index contributed by atoms with van der Waals surface area (Å²) in [5.74, 6) is -0.538. The number of amides is 1. The quantitative estimate of drug-likeness (QED) is 0.836. The highest BCUT2D eigenvalue weighted by molar-refractivity contribution is 7.98. The van der Waals surface area contributed by atoms with Crippen LogP contribution in [0.3, 0.4) is 0 Å². The van der Waals surface area contributed by atoms with Crippen molar-refractivity contribution in [3.05, 3.63) is 29.6 Å². The van der Waals surface area contributed by atoms with Crippen molar-refractivity contribution in [3.63, 3.8) is 0 Å². The minimum absolute atomic E-state index is 0.216. The van der Waals surface area contributed by atoms with E-state index in [1.807, 2.05) is 6.07 Å². The molecule has 0 spiro atoms. The van der Waals surface area contributed by atoms with Gasteiger partial charge >= 0.3 is 6.09 Å². The highest BCUT2D eigenvalue weighted by Gasteiger charge is 2.23. The van der Waals surface area contributed by atoms with E-state index in [0.29, 0.717) is 13.2 Å². The number of nitrogens with zero attached hydrogens (tertiary/aromatic N) is 2. The summed E-state index contributed by atoms with van der Waals surface area (Å²) in [4.78, 5) is 11.1. The molecule has 0 bridgehead atoms. The molecule has 88 valence electrons. The predicted molar refractivity (Wildman–Crippen MR) is 60.4 cm³/mol. The number of anilines is 1. The first-order valence-electron chi connectivity index (χ1n) is 4.77. The Morgan fingerprint density at radius 2 is 2.41 bits per heavy atom. The van der Waals surface area contributed by atoms with E-state index in [1.165, 1.54) is 16.4 Å². The molecule has 2 rings (SSSR count). The molecule has 1 heterocycles. The van der Waals surface area contributed by atoms with E-state index in [4.69, 9.17) is 10.00 Å². The molecule has 17 heavy (non-hydrogen) atoms. The molecular weight excluding hydrogens is 245 g/mol. The molecule has 7 heteroatoms. The van der Waals surface area contributed by atoms with Crippen LogP contribution in [-0.2, 0) is 4.74 Å². The molecule has 0 radical (unpaired) electrons. The summed E-state index contributed by atoms with van der Waals surface area (Å²) in [6, 6.07) is 5.91. The van der Waals surface area contributed by atoms with Gasteiger partial charge in [0, 0.05) is 0 Å². The zero-order chi connectivity index (χ0) is 12.3. The zero-order valence-corrected chi connectivity index (χ0v) is 9.46. The van der Waals surface area contributed by atoms with Crippen LogP contribution in [0.25, 0.3) is 0 Å². The minimum atomic E-state index is -0.538. The van der Waals surface area contributed by atoms with Crippen LogP contribution in [0.2, 0.25) is 0 Å². The lowest BCUT2D eigenvalue weighted by atomic mass is 10.2. The van der Waals surface area contributed by atoms with Gasteiger partial charge in [-0.25, -0.2) is 13.5 Å². The van der Waals surface area contributed by atoms with Crippen molar-refractivity contribution < 1.29 is 13.9 Å². The number of halogens is 1. The molecule has 5 nitrogen and oxygen atoms in total. The van der Waals surface area contributed by atoms with Gasteiger partial charge in [-0.15, -0.1) is 0 Å². The topological polar surface area (TPSA) is 65.4 Å². The van der Waals surface area contributed by atoms with E-state index in [9.17, 15) is 9.18 Å². The largest absolute Gasteiger partial charge is 0.447 e. The third kappa shape index (κ3) is 2.60. The highest BCUT2D eigenvalue weighted by atomic mass is 32.2. The van der Waals surface area contributed by atoms with Gasteiger partial charge in [0.15, 0.2) is 0 Å². The molecule has 0 aliphatic carbocycles. The first kappa shape index (κ1) is 11.5. The number of ether oxygens (including phenoxy) is 1. The molecule has 1 N–H and O–H groups in total. The maximum absolute atomic E-state index is 13.4. The fourth-order valence-corrected chi connectivity index (χ4v) is 1.90. The van der Waals surface area contributed by atoms with Crippen LogP contribution in [0.1, 0.15) is 5.56 Å². The Morgan fingerprint density at radius 3 is 3.00 bits per heavy atom. The standard InChI is InChI=1S/C10H8FN3O2S/c11-8-5-7(6-12)1-2-9(8)13-17-14-3-4-16-10(14)15/h1-2,5,13H,3-4H2. The smallest absolute Gasteiger partial charge is 0.421 e. The van der Waals surface area contributed by atoms with Crippen molar-refractivity contribution in [2.45, 2.75) is 0 Å². The normalized spacial score (nSPS) is 14.4. The second-order valence-electron chi connectivity index (χ2n) is 3.22. The van der Waals surface area contributed by atoms with Crippen LogP contribution in [0.4, 0.5) is 14.9 Å². The molecule has 1 aliphatic heterocycles. The van der Waals surface area contributed by atoms with Crippen molar-refractivity contribution in [2.24, 2.45) is 0 Å². The number of rotatable bonds is 3. The SMILES string of the molecule is N#Cc1ccc(NSN2CCOC2=O)c(F)c1. The van der Waals surface area contributed by atoms with Crippen molar-refractivity contribution >= 4 is 23.9 Å². The summed E-state index contributed by atoms with van der Waals surface area (Å²) in [7, 11) is 0. The Morgan fingerprint density at radius 1 is 1.59 bits per heavy atom. The van der Waals surface area contributed by atoms with Gasteiger partial charge in [-0.05, 0) is 18.2 Å². The first-order chi connectivity index (χ1) is 8.20. The van der Waals surface area contributed by atoms with E-state index < -0.39 is 11.9 Å². The van der Waals surface area contributed by atoms with Gasteiger partial charge in [0.25, 0.3) is 0 Å². The Kier molecular flexibility index (Phi) is 3.35. The Hall–Kier alpha value is -1.94. The average molecular weight is 253 g/mol. The third-order valence-corrected chi connectivity index (χ3v) is 2.95. The lowest BCUT2D eigenvalue weighted by Gasteiger charge is -2.12. The van der Waals surface area contributed by atoms with Crippen molar-refractivity contribution in [2.75, 3.05) is 17.9 Å². The van der Waals surface area contributed by atoms with Crippen LogP contribution in [0.15, 0.2) is 18.2 Å². The molecule has 0 unspecified atom stereocenters. The number of carbonyl (C=O) groups excluding carboxylic acids is 1. The van der Waals surface area contributed by atoms with Gasteiger partial charge in [-0.2, -0.15) is 5.26 Å². The maximum atomic E-state index is 13.4. The number of nitrogens with one attached hydrogen (secondary N) is 1. The van der Waals surface area contributed by atoms with Crippen LogP contribution < -0.4 is 4.72 Å². The Bertz CT molecular complexity index is 489. The number of hydrogen-bond acceptors (Lipinski definition) is 5. The minimum Gasteiger partial charge on any atom is -0.447 e. The molecule has 1 amide bonds. The molecule has 1 aromatic rings. The van der Waals surface area contributed by atoms with Crippen molar-refractivity contribution in [3.8, 4) is 6.07 Å². The maximum Gasteiger partial charge on any atom is 0.421 e. The van der Waals surface area contributed by atoms with E-state index in [1.54, 1.807) is 0 Å². The average Bonchev–Trinajstić information content (AvgIpc) is 2.73. The molecule has 1 saturated heterocycles. The van der Waals surface area contributed by atoms with Gasteiger partial charge in [-0.1, -0.05) is 0 Å². The fraction of sp³-hybridized carbons (Fsp3) is 0.200. The number of cyclic esters (lactones) is 1. The third-order valence-electron chi connectivity index (χ3n) is 2.09. The molecule has 1 fully saturated rings. The predicted octanol–water partition coefficient (Wildman–Crippen LogP) is 2.12. The molecule has 0 atom stereocenters. The number of benzene rings is 1. The van der Waals surface area contributed by atoms with E-state index in [-0.39, 0.29) is 11.3 Å². The van der Waals surface area contributed by atoms with Gasteiger partial charge in [0.05, 0.1) is 36.0 Å². The van der Waals surface area contributed by atoms with E-state index >= 15 is 0 Å². The van der Waals surface area contributed by atoms with E-state index in [2.05, 4.69) is 4.72 Å². The van der Waals surface area contributed by atoms with Gasteiger partial charge in [0.2, 0.25) is 0 Å². The summed E-state index contributed by atoms with van der Waals surface area (Å²) in [5.41, 5.74) is 0.465. The van der Waals surface area contributed by atoms with Gasteiger partial charge < -0.3 is 9.46 Å². The van der Waals surface area contributed by atoms with Crippen LogP contribution >= 0.6 is 12.1 Å². The molecule has 0 aromatic heterocycles. The van der Waals surface area contributed by atoms with Crippen LogP contribution in [-0.4, -0.2) is 23.6 Å². The Balaban J connectivity index is 2.00. The van der Waals surface area contributed by atoms with Crippen molar-refractivity contribution in [1.82, 2.24) is 4.31 Å². The first-order valence-corrected chi connectivity index (χ1v) is 5.55. The summed E-state index contributed by atoms with van der Waals surface area (Å²) in [6.07, 6.45) is -0.448. The summed E-state index contributed by atoms with van der Waals surface area (Å²) >= 11 is 0.959. The summed E-state index contributed by atoms with van der Waals surface area (Å²) in [6.45, 7) is 0.789. The lowest BCUT2D eigenvalue weighted by Crippen LogP contribution is -2.17.